The molecule has 16 heavy (non-hydrogen) atoms. The lowest BCUT2D eigenvalue weighted by molar-refractivity contribution is -0.164. The largest absolute Gasteiger partial charge is 0.434 e. The predicted octanol–water partition coefficient (Wildman–Crippen LogP) is 2.99. The first-order valence-electron chi connectivity index (χ1n) is 3.72. The molecule has 0 fully saturated rings. The molecule has 0 radical (unpaired) electrons. The molecule has 0 spiro atoms. The van der Waals surface area contributed by atoms with Crippen LogP contribution in [0.15, 0.2) is 12.1 Å². The van der Waals surface area contributed by atoms with Crippen LogP contribution in [-0.4, -0.2) is 4.98 Å². The van der Waals surface area contributed by atoms with Gasteiger partial charge in [-0.15, -0.1) is 0 Å². The number of nitrogens with zero attached hydrogens (tertiary/aromatic N) is 2. The van der Waals surface area contributed by atoms with Crippen LogP contribution in [0.2, 0.25) is 0 Å². The summed E-state index contributed by atoms with van der Waals surface area (Å²) in [5.74, 6) is 0. The van der Waals surface area contributed by atoms with E-state index in [1.807, 2.05) is 0 Å². The quantitative estimate of drug-likeness (QED) is 0.653. The van der Waals surface area contributed by atoms with Gasteiger partial charge in [0.25, 0.3) is 0 Å². The molecule has 0 amide bonds. The third kappa shape index (κ3) is 2.42. The number of nitriles is 1. The first-order chi connectivity index (χ1) is 7.16. The van der Waals surface area contributed by atoms with Crippen molar-refractivity contribution in [1.29, 1.82) is 5.26 Å². The zero-order valence-electron chi connectivity index (χ0n) is 7.32. The van der Waals surface area contributed by atoms with E-state index in [9.17, 15) is 26.3 Å². The van der Waals surface area contributed by atoms with Gasteiger partial charge in [0.2, 0.25) is 0 Å². The number of alkyl halides is 6. The van der Waals surface area contributed by atoms with Crippen molar-refractivity contribution < 1.29 is 26.3 Å². The average molecular weight is 240 g/mol. The highest BCUT2D eigenvalue weighted by molar-refractivity contribution is 5.32. The molecule has 0 atom stereocenters. The Balaban J connectivity index is 3.47. The molecule has 0 saturated carbocycles. The smallest absolute Gasteiger partial charge is 0.232 e. The summed E-state index contributed by atoms with van der Waals surface area (Å²) in [7, 11) is 0. The summed E-state index contributed by atoms with van der Waals surface area (Å²) in [6, 6.07) is 2.01. The lowest BCUT2D eigenvalue weighted by Crippen LogP contribution is -2.18. The van der Waals surface area contributed by atoms with Gasteiger partial charge in [0.15, 0.2) is 5.69 Å². The molecule has 0 unspecified atom stereocenters. The van der Waals surface area contributed by atoms with Crippen LogP contribution < -0.4 is 0 Å². The molecule has 8 heteroatoms. The second-order valence-electron chi connectivity index (χ2n) is 2.70. The van der Waals surface area contributed by atoms with E-state index in [4.69, 9.17) is 5.26 Å². The van der Waals surface area contributed by atoms with Gasteiger partial charge in [-0.25, -0.2) is 4.98 Å². The van der Waals surface area contributed by atoms with Gasteiger partial charge in [0.05, 0.1) is 5.56 Å². The standard InChI is InChI=1S/C8H2F6N2/c9-7(10,11)5-2-1-4(3-15)16-6(5)8(12,13)14/h1-2H. The Kier molecular flexibility index (Phi) is 2.81. The molecular weight excluding hydrogens is 238 g/mol. The van der Waals surface area contributed by atoms with E-state index in [0.29, 0.717) is 6.07 Å². The Morgan fingerprint density at radius 2 is 1.56 bits per heavy atom. The highest BCUT2D eigenvalue weighted by Gasteiger charge is 2.44. The monoisotopic (exact) mass is 240 g/mol. The van der Waals surface area contributed by atoms with Crippen LogP contribution in [0.3, 0.4) is 0 Å². The molecule has 0 aliphatic carbocycles. The Morgan fingerprint density at radius 3 is 1.94 bits per heavy atom. The topological polar surface area (TPSA) is 36.7 Å². The first-order valence-corrected chi connectivity index (χ1v) is 3.72. The van der Waals surface area contributed by atoms with Gasteiger partial charge in [-0.3, -0.25) is 0 Å². The van der Waals surface area contributed by atoms with Crippen LogP contribution in [0.25, 0.3) is 0 Å². The molecule has 0 aliphatic heterocycles. The third-order valence-corrected chi connectivity index (χ3v) is 1.58. The van der Waals surface area contributed by atoms with Crippen LogP contribution in [-0.2, 0) is 12.4 Å². The zero-order chi connectivity index (χ0) is 12.6. The molecule has 1 heterocycles. The van der Waals surface area contributed by atoms with E-state index < -0.39 is 29.3 Å². The Morgan fingerprint density at radius 1 is 1.00 bits per heavy atom. The maximum Gasteiger partial charge on any atom is 0.434 e. The average Bonchev–Trinajstić information content (AvgIpc) is 2.14. The van der Waals surface area contributed by atoms with E-state index >= 15 is 0 Å². The van der Waals surface area contributed by atoms with Gasteiger partial charge in [-0.2, -0.15) is 31.6 Å². The van der Waals surface area contributed by atoms with E-state index in [-0.39, 0.29) is 6.07 Å². The van der Waals surface area contributed by atoms with Gasteiger partial charge in [0.1, 0.15) is 11.8 Å². The number of aromatic nitrogens is 1. The molecule has 1 aromatic heterocycles. The number of pyridine rings is 1. The number of hydrogen-bond acceptors (Lipinski definition) is 2. The number of halogens is 6. The van der Waals surface area contributed by atoms with Crippen molar-refractivity contribution >= 4 is 0 Å². The lowest BCUT2D eigenvalue weighted by Gasteiger charge is -2.13. The summed E-state index contributed by atoms with van der Waals surface area (Å²) in [5.41, 5.74) is -4.72. The molecule has 2 nitrogen and oxygen atoms in total. The Hall–Kier alpha value is -1.78. The van der Waals surface area contributed by atoms with E-state index in [1.165, 1.54) is 6.07 Å². The van der Waals surface area contributed by atoms with Gasteiger partial charge in [0, 0.05) is 0 Å². The van der Waals surface area contributed by atoms with E-state index in [0.717, 1.165) is 0 Å². The van der Waals surface area contributed by atoms with Crippen molar-refractivity contribution in [2.45, 2.75) is 12.4 Å². The second-order valence-corrected chi connectivity index (χ2v) is 2.70. The third-order valence-electron chi connectivity index (χ3n) is 1.58. The molecule has 86 valence electrons. The molecule has 1 rings (SSSR count). The number of rotatable bonds is 0. The van der Waals surface area contributed by atoms with Gasteiger partial charge in [-0.05, 0) is 12.1 Å². The first kappa shape index (κ1) is 12.3. The SMILES string of the molecule is N#Cc1ccc(C(F)(F)F)c(C(F)(F)F)n1. The minimum Gasteiger partial charge on any atom is -0.232 e. The summed E-state index contributed by atoms with van der Waals surface area (Å²) in [5, 5.41) is 8.26. The van der Waals surface area contributed by atoms with Crippen LogP contribution in [0, 0.1) is 11.3 Å². The normalized spacial score (nSPS) is 12.3. The van der Waals surface area contributed by atoms with Crippen molar-refractivity contribution in [2.24, 2.45) is 0 Å². The summed E-state index contributed by atoms with van der Waals surface area (Å²) >= 11 is 0. The second kappa shape index (κ2) is 3.66. The Bertz CT molecular complexity index is 439. The summed E-state index contributed by atoms with van der Waals surface area (Å²) < 4.78 is 73.2. The predicted molar refractivity (Wildman–Crippen MR) is 39.0 cm³/mol. The van der Waals surface area contributed by atoms with Crippen LogP contribution in [0.4, 0.5) is 26.3 Å². The minimum atomic E-state index is -5.25. The lowest BCUT2D eigenvalue weighted by atomic mass is 10.1. The van der Waals surface area contributed by atoms with Crippen molar-refractivity contribution in [1.82, 2.24) is 4.98 Å². The van der Waals surface area contributed by atoms with Gasteiger partial charge in [-0.1, -0.05) is 0 Å². The molecule has 0 aromatic carbocycles. The highest BCUT2D eigenvalue weighted by Crippen LogP contribution is 2.38. The zero-order valence-corrected chi connectivity index (χ0v) is 7.32. The van der Waals surface area contributed by atoms with Crippen LogP contribution in [0.5, 0.6) is 0 Å². The van der Waals surface area contributed by atoms with Crippen molar-refractivity contribution in [3.63, 3.8) is 0 Å². The molecular formula is C8H2F6N2. The van der Waals surface area contributed by atoms with Crippen molar-refractivity contribution in [3.8, 4) is 6.07 Å². The fourth-order valence-electron chi connectivity index (χ4n) is 0.966. The van der Waals surface area contributed by atoms with Gasteiger partial charge < -0.3 is 0 Å². The number of hydrogen-bond donors (Lipinski definition) is 0. The molecule has 0 N–H and O–H groups in total. The van der Waals surface area contributed by atoms with Crippen molar-refractivity contribution in [3.05, 3.63) is 29.1 Å². The minimum absolute atomic E-state index is 0.189. The highest BCUT2D eigenvalue weighted by atomic mass is 19.4. The summed E-state index contributed by atoms with van der Waals surface area (Å²) in [4.78, 5) is 2.62. The molecule has 0 saturated heterocycles. The van der Waals surface area contributed by atoms with Gasteiger partial charge >= 0.3 is 12.4 Å². The maximum absolute atomic E-state index is 12.2. The van der Waals surface area contributed by atoms with E-state index in [2.05, 4.69) is 4.98 Å². The van der Waals surface area contributed by atoms with Crippen LogP contribution >= 0.6 is 0 Å². The molecule has 1 aromatic rings. The Labute approximate surface area is 85.1 Å². The summed E-state index contributed by atoms with van der Waals surface area (Å²) in [6.07, 6.45) is -10.4. The summed E-state index contributed by atoms with van der Waals surface area (Å²) in [6.45, 7) is 0. The fourth-order valence-corrected chi connectivity index (χ4v) is 0.966. The van der Waals surface area contributed by atoms with E-state index in [1.54, 1.807) is 0 Å². The molecule has 0 bridgehead atoms. The fraction of sp³-hybridized carbons (Fsp3) is 0.250. The van der Waals surface area contributed by atoms with Crippen molar-refractivity contribution in [2.75, 3.05) is 0 Å². The van der Waals surface area contributed by atoms with Crippen LogP contribution in [0.1, 0.15) is 17.0 Å². The molecule has 0 aliphatic rings. The maximum atomic E-state index is 12.2.